The number of unbranched alkanes of at least 4 members (excludes halogenated alkanes) is 10. The van der Waals surface area contributed by atoms with Crippen LogP contribution in [0.5, 0.6) is 23.0 Å². The van der Waals surface area contributed by atoms with Crippen molar-refractivity contribution in [2.75, 3.05) is 13.2 Å². The first-order chi connectivity index (χ1) is 23.4. The molecule has 0 saturated heterocycles. The predicted octanol–water partition coefficient (Wildman–Crippen LogP) is 11.6. The molecule has 0 bridgehead atoms. The zero-order chi connectivity index (χ0) is 34.4. The van der Waals surface area contributed by atoms with Crippen molar-refractivity contribution in [3.8, 4) is 23.0 Å². The average molecular weight is 774 g/mol. The van der Waals surface area contributed by atoms with Crippen LogP contribution in [0.15, 0.2) is 97.1 Å². The van der Waals surface area contributed by atoms with E-state index in [2.05, 4.69) is 13.8 Å². The number of ether oxygens (including phenoxy) is 2. The summed E-state index contributed by atoms with van der Waals surface area (Å²) in [5.41, 5.74) is 1.73. The first-order valence-electron chi connectivity index (χ1n) is 17.6. The predicted molar refractivity (Wildman–Crippen MR) is 208 cm³/mol. The summed E-state index contributed by atoms with van der Waals surface area (Å²) in [5.74, 6) is 0.760. The molecular weight excluding hydrogens is 719 g/mol. The van der Waals surface area contributed by atoms with Gasteiger partial charge in [0.05, 0.1) is 24.3 Å². The summed E-state index contributed by atoms with van der Waals surface area (Å²) in [4.78, 5) is 24.7. The number of rotatable bonds is 20. The number of phenolic OH excluding ortho intramolecular Hbond substituents is 2. The van der Waals surface area contributed by atoms with E-state index in [9.17, 15) is 19.8 Å². The topological polar surface area (TPSA) is 93.1 Å². The number of carbonyl (C=O) groups excluding carboxylic acids is 2. The normalized spacial score (nSPS) is 9.92. The third kappa shape index (κ3) is 17.7. The smallest absolute Gasteiger partial charge is 0.196 e. The van der Waals surface area contributed by atoms with Gasteiger partial charge in [0.25, 0.3) is 0 Å². The van der Waals surface area contributed by atoms with E-state index in [0.29, 0.717) is 47.0 Å². The number of benzene rings is 4. The fraction of sp³-hybridized carbons (Fsp3) is 0.381. The van der Waals surface area contributed by atoms with Crippen LogP contribution in [-0.2, 0) is 21.7 Å². The van der Waals surface area contributed by atoms with Crippen LogP contribution in [0.2, 0.25) is 0 Å². The van der Waals surface area contributed by atoms with Gasteiger partial charge in [0.1, 0.15) is 23.0 Å². The Labute approximate surface area is 332 Å². The van der Waals surface area contributed by atoms with Crippen LogP contribution >= 0.6 is 24.8 Å². The Morgan fingerprint density at radius 1 is 0.490 bits per heavy atom. The van der Waals surface area contributed by atoms with E-state index in [1.807, 2.05) is 36.4 Å². The largest absolute Gasteiger partial charge is 0.507 e. The van der Waals surface area contributed by atoms with Crippen LogP contribution in [0.3, 0.4) is 0 Å². The fourth-order valence-electron chi connectivity index (χ4n) is 5.22. The van der Waals surface area contributed by atoms with Gasteiger partial charge in [0.2, 0.25) is 0 Å². The Kier molecular flexibility index (Phi) is 26.5. The molecule has 0 radical (unpaired) electrons. The molecule has 4 aromatic rings. The second kappa shape index (κ2) is 28.3. The minimum Gasteiger partial charge on any atom is -0.507 e. The molecule has 0 aliphatic rings. The molecule has 0 aromatic heterocycles. The Morgan fingerprint density at radius 3 is 1.16 bits per heavy atom. The van der Waals surface area contributed by atoms with Gasteiger partial charge in [-0.3, -0.25) is 9.59 Å². The Morgan fingerprint density at radius 2 is 0.824 bits per heavy atom. The van der Waals surface area contributed by atoms with Gasteiger partial charge < -0.3 is 19.7 Å². The van der Waals surface area contributed by atoms with Gasteiger partial charge in [0.15, 0.2) is 11.6 Å². The van der Waals surface area contributed by atoms with Crippen molar-refractivity contribution in [2.24, 2.45) is 0 Å². The summed E-state index contributed by atoms with van der Waals surface area (Å²) < 4.78 is 11.3. The van der Waals surface area contributed by atoms with E-state index in [1.165, 1.54) is 63.5 Å². The second-order valence-corrected chi connectivity index (χ2v) is 12.0. The number of halogens is 2. The van der Waals surface area contributed by atoms with Gasteiger partial charge >= 0.3 is 0 Å². The van der Waals surface area contributed by atoms with Crippen molar-refractivity contribution in [1.29, 1.82) is 0 Å². The van der Waals surface area contributed by atoms with Crippen molar-refractivity contribution >= 4 is 36.4 Å². The molecular formula is C42H54Cl2O6Ti. The molecule has 4 rings (SSSR count). The Hall–Kier alpha value is -3.29. The number of aromatic hydroxyl groups is 2. The van der Waals surface area contributed by atoms with Gasteiger partial charge in [-0.05, 0) is 37.1 Å². The summed E-state index contributed by atoms with van der Waals surface area (Å²) in [6, 6.07) is 27.7. The van der Waals surface area contributed by atoms with Crippen LogP contribution in [0.4, 0.5) is 0 Å². The van der Waals surface area contributed by atoms with Crippen LogP contribution in [-0.4, -0.2) is 35.0 Å². The van der Waals surface area contributed by atoms with Crippen LogP contribution < -0.4 is 9.47 Å². The van der Waals surface area contributed by atoms with Crippen molar-refractivity contribution in [3.05, 3.63) is 119 Å². The quantitative estimate of drug-likeness (QED) is 0.0528. The van der Waals surface area contributed by atoms with E-state index in [4.69, 9.17) is 9.47 Å². The summed E-state index contributed by atoms with van der Waals surface area (Å²) in [6.45, 7) is 5.69. The summed E-state index contributed by atoms with van der Waals surface area (Å²) in [5, 5.41) is 20.2. The van der Waals surface area contributed by atoms with E-state index in [0.717, 1.165) is 25.7 Å². The maximum atomic E-state index is 12.4. The SMILES string of the molecule is CCCCCCCCOc1ccc(C(=O)c2ccccc2)c(O)c1.CCCCCCCCOc1ccc(C(=O)c2ccccc2)c(O)c1.Cl.Cl.[Ti]. The van der Waals surface area contributed by atoms with E-state index in [1.54, 1.807) is 48.5 Å². The minimum atomic E-state index is -0.185. The molecule has 276 valence electrons. The molecule has 0 unspecified atom stereocenters. The number of hydrogen-bond donors (Lipinski definition) is 2. The number of phenols is 2. The molecule has 0 heterocycles. The minimum absolute atomic E-state index is 0. The van der Waals surface area contributed by atoms with Crippen LogP contribution in [0.1, 0.15) is 123 Å². The molecule has 0 amide bonds. The van der Waals surface area contributed by atoms with E-state index < -0.39 is 0 Å². The zero-order valence-electron chi connectivity index (χ0n) is 30.0. The summed E-state index contributed by atoms with van der Waals surface area (Å²) in [7, 11) is 0. The Bertz CT molecular complexity index is 1400. The molecule has 0 saturated carbocycles. The average Bonchev–Trinajstić information content (AvgIpc) is 3.11. The molecule has 6 nitrogen and oxygen atoms in total. The summed E-state index contributed by atoms with van der Waals surface area (Å²) >= 11 is 0. The molecule has 0 spiro atoms. The van der Waals surface area contributed by atoms with Crippen LogP contribution in [0, 0.1) is 0 Å². The number of carbonyl (C=O) groups is 2. The zero-order valence-corrected chi connectivity index (χ0v) is 33.2. The van der Waals surface area contributed by atoms with E-state index in [-0.39, 0.29) is 69.6 Å². The van der Waals surface area contributed by atoms with Crippen molar-refractivity contribution in [3.63, 3.8) is 0 Å². The fourth-order valence-corrected chi connectivity index (χ4v) is 5.22. The van der Waals surface area contributed by atoms with E-state index >= 15 is 0 Å². The number of hydrogen-bond acceptors (Lipinski definition) is 6. The molecule has 0 aliphatic heterocycles. The molecule has 0 fully saturated rings. The standard InChI is InChI=1S/2C21H26O3.2ClH.Ti/c2*1-2-3-4-5-6-10-15-24-18-13-14-19(20(22)16-18)21(23)17-11-8-7-9-12-17;;;/h2*7-9,11-14,16,22H,2-6,10,15H2,1H3;2*1H;. The van der Waals surface area contributed by atoms with Crippen molar-refractivity contribution < 1.29 is 51.0 Å². The van der Waals surface area contributed by atoms with Gasteiger partial charge in [0, 0.05) is 45.0 Å². The first kappa shape index (κ1) is 47.7. The number of ketones is 2. The van der Waals surface area contributed by atoms with Crippen LogP contribution in [0.25, 0.3) is 0 Å². The third-order valence-corrected chi connectivity index (χ3v) is 8.03. The molecule has 9 heteroatoms. The van der Waals surface area contributed by atoms with Gasteiger partial charge in [-0.2, -0.15) is 0 Å². The Balaban J connectivity index is 0.000000926. The molecule has 2 N–H and O–H groups in total. The third-order valence-electron chi connectivity index (χ3n) is 8.03. The van der Waals surface area contributed by atoms with Crippen molar-refractivity contribution in [1.82, 2.24) is 0 Å². The summed E-state index contributed by atoms with van der Waals surface area (Å²) in [6.07, 6.45) is 14.5. The maximum Gasteiger partial charge on any atom is 0.196 e. The molecule has 4 aromatic carbocycles. The second-order valence-electron chi connectivity index (χ2n) is 12.0. The maximum absolute atomic E-state index is 12.4. The van der Waals surface area contributed by atoms with Gasteiger partial charge in [-0.1, -0.05) is 139 Å². The monoisotopic (exact) mass is 772 g/mol. The molecule has 51 heavy (non-hydrogen) atoms. The molecule has 0 aliphatic carbocycles. The molecule has 0 atom stereocenters. The van der Waals surface area contributed by atoms with Crippen molar-refractivity contribution in [2.45, 2.75) is 90.9 Å². The first-order valence-corrected chi connectivity index (χ1v) is 17.6. The van der Waals surface area contributed by atoms with Gasteiger partial charge in [-0.25, -0.2) is 0 Å². The van der Waals surface area contributed by atoms with Gasteiger partial charge in [-0.15, -0.1) is 24.8 Å².